The SMILES string of the molecule is CC(C)=C(O)[C@H](O)[C@H](O)[C@H](O)CO. The van der Waals surface area contributed by atoms with Gasteiger partial charge in [0.25, 0.3) is 0 Å². The number of hydrogen-bond donors (Lipinski definition) is 5. The molecule has 0 saturated carbocycles. The molecule has 0 saturated heterocycles. The molecule has 78 valence electrons. The van der Waals surface area contributed by atoms with Gasteiger partial charge in [-0.05, 0) is 19.4 Å². The Morgan fingerprint density at radius 3 is 1.92 bits per heavy atom. The highest BCUT2D eigenvalue weighted by atomic mass is 16.4. The zero-order valence-electron chi connectivity index (χ0n) is 7.68. The van der Waals surface area contributed by atoms with Crippen molar-refractivity contribution in [2.45, 2.75) is 32.2 Å². The Balaban J connectivity index is 4.42. The molecular formula is C8H16O5. The van der Waals surface area contributed by atoms with E-state index in [-0.39, 0.29) is 5.76 Å². The van der Waals surface area contributed by atoms with Crippen LogP contribution in [0.2, 0.25) is 0 Å². The fourth-order valence-corrected chi connectivity index (χ4v) is 0.776. The van der Waals surface area contributed by atoms with Gasteiger partial charge >= 0.3 is 0 Å². The van der Waals surface area contributed by atoms with E-state index in [2.05, 4.69) is 0 Å². The van der Waals surface area contributed by atoms with Crippen molar-refractivity contribution in [3.05, 3.63) is 11.3 Å². The molecule has 5 heteroatoms. The first-order valence-corrected chi connectivity index (χ1v) is 3.93. The average Bonchev–Trinajstić information content (AvgIpc) is 2.12. The lowest BCUT2D eigenvalue weighted by Crippen LogP contribution is -2.40. The van der Waals surface area contributed by atoms with E-state index in [1.807, 2.05) is 0 Å². The molecule has 5 nitrogen and oxygen atoms in total. The lowest BCUT2D eigenvalue weighted by atomic mass is 10.0. The van der Waals surface area contributed by atoms with Crippen molar-refractivity contribution in [3.63, 3.8) is 0 Å². The van der Waals surface area contributed by atoms with E-state index in [0.717, 1.165) is 0 Å². The number of rotatable bonds is 4. The van der Waals surface area contributed by atoms with Gasteiger partial charge in [-0.3, -0.25) is 0 Å². The second-order valence-corrected chi connectivity index (χ2v) is 3.07. The monoisotopic (exact) mass is 192 g/mol. The summed E-state index contributed by atoms with van der Waals surface area (Å²) in [5.41, 5.74) is 0.441. The highest BCUT2D eigenvalue weighted by Gasteiger charge is 2.27. The van der Waals surface area contributed by atoms with Crippen LogP contribution in [-0.4, -0.2) is 50.5 Å². The van der Waals surface area contributed by atoms with Gasteiger partial charge in [0, 0.05) is 0 Å². The Morgan fingerprint density at radius 2 is 1.62 bits per heavy atom. The third-order valence-corrected chi connectivity index (χ3v) is 1.70. The van der Waals surface area contributed by atoms with Crippen LogP contribution >= 0.6 is 0 Å². The van der Waals surface area contributed by atoms with Crippen molar-refractivity contribution in [1.82, 2.24) is 0 Å². The highest BCUT2D eigenvalue weighted by molar-refractivity contribution is 5.08. The lowest BCUT2D eigenvalue weighted by Gasteiger charge is -2.21. The molecule has 0 heterocycles. The molecule has 0 aliphatic carbocycles. The Morgan fingerprint density at radius 1 is 1.15 bits per heavy atom. The molecule has 5 N–H and O–H groups in total. The zero-order valence-corrected chi connectivity index (χ0v) is 7.68. The fourth-order valence-electron chi connectivity index (χ4n) is 0.776. The smallest absolute Gasteiger partial charge is 0.139 e. The predicted molar refractivity (Wildman–Crippen MR) is 46.1 cm³/mol. The molecule has 3 atom stereocenters. The van der Waals surface area contributed by atoms with Crippen LogP contribution in [0, 0.1) is 0 Å². The predicted octanol–water partition coefficient (Wildman–Crippen LogP) is -1.09. The lowest BCUT2D eigenvalue weighted by molar-refractivity contribution is -0.0745. The minimum Gasteiger partial charge on any atom is -0.510 e. The number of aliphatic hydroxyl groups is 5. The van der Waals surface area contributed by atoms with Crippen LogP contribution in [0.1, 0.15) is 13.8 Å². The summed E-state index contributed by atoms with van der Waals surface area (Å²) in [4.78, 5) is 0. The molecule has 13 heavy (non-hydrogen) atoms. The van der Waals surface area contributed by atoms with Crippen LogP contribution in [0.25, 0.3) is 0 Å². The maximum absolute atomic E-state index is 9.23. The Labute approximate surface area is 76.6 Å². The zero-order chi connectivity index (χ0) is 10.6. The Bertz CT molecular complexity index is 185. The van der Waals surface area contributed by atoms with E-state index in [9.17, 15) is 10.2 Å². The van der Waals surface area contributed by atoms with Gasteiger partial charge in [-0.2, -0.15) is 0 Å². The maximum Gasteiger partial charge on any atom is 0.139 e. The minimum atomic E-state index is -1.58. The minimum absolute atomic E-state index is 0.389. The highest BCUT2D eigenvalue weighted by Crippen LogP contribution is 2.11. The second-order valence-electron chi connectivity index (χ2n) is 3.07. The molecule has 0 amide bonds. The van der Waals surface area contributed by atoms with E-state index in [1.165, 1.54) is 0 Å². The molecule has 0 bridgehead atoms. The van der Waals surface area contributed by atoms with Gasteiger partial charge in [0.05, 0.1) is 6.61 Å². The number of hydrogen-bond acceptors (Lipinski definition) is 5. The molecule has 0 aromatic rings. The molecular weight excluding hydrogens is 176 g/mol. The van der Waals surface area contributed by atoms with Crippen LogP contribution in [0.5, 0.6) is 0 Å². The standard InChI is InChI=1S/C8H16O5/c1-4(2)6(11)8(13)7(12)5(10)3-9/h5,7-13H,3H2,1-2H3/t5-,7-,8+/m1/s1. The van der Waals surface area contributed by atoms with Crippen molar-refractivity contribution in [3.8, 4) is 0 Å². The summed E-state index contributed by atoms with van der Waals surface area (Å²) in [6, 6.07) is 0. The topological polar surface area (TPSA) is 101 Å². The molecule has 0 aliphatic rings. The van der Waals surface area contributed by atoms with Gasteiger partial charge < -0.3 is 25.5 Å². The van der Waals surface area contributed by atoms with E-state index in [1.54, 1.807) is 13.8 Å². The molecule has 0 unspecified atom stereocenters. The van der Waals surface area contributed by atoms with Crippen LogP contribution in [-0.2, 0) is 0 Å². The molecule has 0 radical (unpaired) electrons. The van der Waals surface area contributed by atoms with Gasteiger partial charge in [0.1, 0.15) is 24.1 Å². The average molecular weight is 192 g/mol. The first kappa shape index (κ1) is 12.4. The summed E-state index contributed by atoms with van der Waals surface area (Å²) in [6.45, 7) is 2.43. The van der Waals surface area contributed by atoms with Crippen LogP contribution in [0.4, 0.5) is 0 Å². The third-order valence-electron chi connectivity index (χ3n) is 1.70. The van der Waals surface area contributed by atoms with E-state index in [4.69, 9.17) is 15.3 Å². The quantitative estimate of drug-likeness (QED) is 0.364. The summed E-state index contributed by atoms with van der Waals surface area (Å²) in [5, 5.41) is 45.0. The Hall–Kier alpha value is -0.620. The second kappa shape index (κ2) is 5.18. The summed E-state index contributed by atoms with van der Waals surface area (Å²) in [7, 11) is 0. The third kappa shape index (κ3) is 3.31. The van der Waals surface area contributed by atoms with Gasteiger partial charge in [0.2, 0.25) is 0 Å². The van der Waals surface area contributed by atoms with Crippen molar-refractivity contribution in [2.24, 2.45) is 0 Å². The number of allylic oxidation sites excluding steroid dienone is 1. The molecule has 0 fully saturated rings. The van der Waals surface area contributed by atoms with E-state index >= 15 is 0 Å². The molecule has 0 aromatic heterocycles. The van der Waals surface area contributed by atoms with Gasteiger partial charge in [-0.25, -0.2) is 0 Å². The van der Waals surface area contributed by atoms with Gasteiger partial charge in [-0.1, -0.05) is 0 Å². The van der Waals surface area contributed by atoms with Gasteiger partial charge in [0.15, 0.2) is 0 Å². The van der Waals surface area contributed by atoms with Crippen molar-refractivity contribution in [2.75, 3.05) is 6.61 Å². The largest absolute Gasteiger partial charge is 0.510 e. The normalized spacial score (nSPS) is 17.7. The van der Waals surface area contributed by atoms with Crippen molar-refractivity contribution in [1.29, 1.82) is 0 Å². The van der Waals surface area contributed by atoms with Crippen LogP contribution in [0.3, 0.4) is 0 Å². The fraction of sp³-hybridized carbons (Fsp3) is 0.750. The first-order chi connectivity index (χ1) is 5.91. The summed E-state index contributed by atoms with van der Waals surface area (Å²) in [5.74, 6) is -0.389. The Kier molecular flexibility index (Phi) is 4.94. The molecule has 0 aromatic carbocycles. The maximum atomic E-state index is 9.23. The van der Waals surface area contributed by atoms with Gasteiger partial charge in [-0.15, -0.1) is 0 Å². The molecule has 0 aliphatic heterocycles. The van der Waals surface area contributed by atoms with E-state index in [0.29, 0.717) is 5.57 Å². The summed E-state index contributed by atoms with van der Waals surface area (Å²) in [6.07, 6.45) is -4.61. The van der Waals surface area contributed by atoms with Crippen LogP contribution in [0.15, 0.2) is 11.3 Å². The van der Waals surface area contributed by atoms with Crippen molar-refractivity contribution < 1.29 is 25.5 Å². The first-order valence-electron chi connectivity index (χ1n) is 3.93. The summed E-state index contributed by atoms with van der Waals surface area (Å²) >= 11 is 0. The molecule has 0 spiro atoms. The number of aliphatic hydroxyl groups excluding tert-OH is 5. The van der Waals surface area contributed by atoms with Crippen molar-refractivity contribution >= 4 is 0 Å². The van der Waals surface area contributed by atoms with E-state index < -0.39 is 24.9 Å². The summed E-state index contributed by atoms with van der Waals surface area (Å²) < 4.78 is 0. The molecule has 0 rings (SSSR count). The van der Waals surface area contributed by atoms with Crippen LogP contribution < -0.4 is 0 Å².